The minimum absolute atomic E-state index is 0.0665. The van der Waals surface area contributed by atoms with Crippen LogP contribution in [0.4, 0.5) is 19.5 Å². The normalized spacial score (nSPS) is 18.2. The molecule has 3 aliphatic rings. The predicted octanol–water partition coefficient (Wildman–Crippen LogP) is 2.56. The third kappa shape index (κ3) is 4.73. The number of urea groups is 1. The van der Waals surface area contributed by atoms with Gasteiger partial charge >= 0.3 is 6.03 Å². The summed E-state index contributed by atoms with van der Waals surface area (Å²) < 4.78 is 30.7. The van der Waals surface area contributed by atoms with Crippen LogP contribution in [0.5, 0.6) is 0 Å². The molecule has 5 heterocycles. The van der Waals surface area contributed by atoms with Gasteiger partial charge in [-0.05, 0) is 23.8 Å². The Balaban J connectivity index is 1.16. The van der Waals surface area contributed by atoms with Gasteiger partial charge < -0.3 is 14.7 Å². The largest absolute Gasteiger partial charge is 0.341 e. The van der Waals surface area contributed by atoms with Crippen molar-refractivity contribution in [3.05, 3.63) is 58.4 Å². The first-order valence-electron chi connectivity index (χ1n) is 13.1. The molecule has 41 heavy (non-hydrogen) atoms. The molecule has 3 aromatic rings. The first-order chi connectivity index (χ1) is 19.7. The molecule has 0 aliphatic carbocycles. The van der Waals surface area contributed by atoms with E-state index in [4.69, 9.17) is 0 Å². The summed E-state index contributed by atoms with van der Waals surface area (Å²) >= 11 is 0. The number of nitriles is 1. The SMILES string of the molecule is CC(=O)N1Cc2c(-c3nc(N4CCN(C(=O)N5N=CC[C@H]5c5cc(F)cc(C#N)c5)CC4)ncc3F)nn(C)c2C1. The lowest BCUT2D eigenvalue weighted by molar-refractivity contribution is -0.129. The van der Waals surface area contributed by atoms with Crippen molar-refractivity contribution in [1.29, 1.82) is 5.26 Å². The summed E-state index contributed by atoms with van der Waals surface area (Å²) in [5, 5.41) is 19.2. The van der Waals surface area contributed by atoms with Crippen LogP contribution in [-0.4, -0.2) is 78.9 Å². The van der Waals surface area contributed by atoms with Gasteiger partial charge in [0.05, 0.1) is 42.7 Å². The Morgan fingerprint density at radius 2 is 1.83 bits per heavy atom. The summed E-state index contributed by atoms with van der Waals surface area (Å²) in [6.07, 6.45) is 3.13. The number of carbonyl (C=O) groups is 2. The Bertz CT molecular complexity index is 1620. The van der Waals surface area contributed by atoms with Crippen molar-refractivity contribution < 1.29 is 18.4 Å². The second-order valence-corrected chi connectivity index (χ2v) is 10.2. The molecule has 0 bridgehead atoms. The van der Waals surface area contributed by atoms with Crippen molar-refractivity contribution in [2.75, 3.05) is 31.1 Å². The summed E-state index contributed by atoms with van der Waals surface area (Å²) in [5.41, 5.74) is 2.74. The predicted molar refractivity (Wildman–Crippen MR) is 142 cm³/mol. The number of hydrogen-bond donors (Lipinski definition) is 0. The van der Waals surface area contributed by atoms with Gasteiger partial charge in [-0.2, -0.15) is 15.5 Å². The van der Waals surface area contributed by atoms with Crippen molar-refractivity contribution in [3.8, 4) is 17.5 Å². The van der Waals surface area contributed by atoms with E-state index in [0.29, 0.717) is 62.9 Å². The smallest absolute Gasteiger partial charge is 0.337 e. The second kappa shape index (κ2) is 10.2. The lowest BCUT2D eigenvalue weighted by atomic mass is 10.0. The van der Waals surface area contributed by atoms with E-state index in [1.165, 1.54) is 18.0 Å². The van der Waals surface area contributed by atoms with Gasteiger partial charge in [-0.25, -0.2) is 28.6 Å². The molecule has 0 saturated carbocycles. The molecule has 12 nitrogen and oxygen atoms in total. The molecule has 6 rings (SSSR count). The van der Waals surface area contributed by atoms with Crippen LogP contribution in [0, 0.1) is 23.0 Å². The number of nitrogens with zero attached hydrogens (tertiary/aromatic N) is 10. The molecule has 0 N–H and O–H groups in total. The van der Waals surface area contributed by atoms with Crippen molar-refractivity contribution >= 4 is 24.1 Å². The fourth-order valence-electron chi connectivity index (χ4n) is 5.47. The van der Waals surface area contributed by atoms with Crippen molar-refractivity contribution in [2.24, 2.45) is 12.1 Å². The lowest BCUT2D eigenvalue weighted by Crippen LogP contribution is -2.52. The highest BCUT2D eigenvalue weighted by molar-refractivity contribution is 5.79. The molecule has 3 amide bonds. The maximum absolute atomic E-state index is 15.0. The number of aryl methyl sites for hydroxylation is 1. The minimum Gasteiger partial charge on any atom is -0.337 e. The number of amides is 3. The zero-order chi connectivity index (χ0) is 28.8. The Morgan fingerprint density at radius 3 is 2.56 bits per heavy atom. The van der Waals surface area contributed by atoms with E-state index in [1.54, 1.807) is 33.8 Å². The van der Waals surface area contributed by atoms with Crippen molar-refractivity contribution in [2.45, 2.75) is 32.5 Å². The second-order valence-electron chi connectivity index (χ2n) is 10.2. The molecule has 0 spiro atoms. The standard InChI is InChI=1S/C27H26F2N10O2/c1-16(40)38-14-20-23(15-38)35(2)34-24(20)25-21(29)13-31-26(33-25)36-5-7-37(8-6-36)27(41)39-22(3-4-32-39)18-9-17(12-30)10-19(28)11-18/h4,9-11,13,22H,3,5-8,14-15H2,1-2H3/t22-/m0/s1. The fourth-order valence-corrected chi connectivity index (χ4v) is 5.47. The number of anilines is 1. The average molecular weight is 561 g/mol. The number of rotatable bonds is 3. The molecule has 210 valence electrons. The maximum atomic E-state index is 15.0. The van der Waals surface area contributed by atoms with E-state index in [9.17, 15) is 23.6 Å². The van der Waals surface area contributed by atoms with E-state index in [2.05, 4.69) is 20.2 Å². The van der Waals surface area contributed by atoms with Crippen LogP contribution >= 0.6 is 0 Å². The van der Waals surface area contributed by atoms with Gasteiger partial charge in [-0.3, -0.25) is 9.48 Å². The van der Waals surface area contributed by atoms with E-state index in [-0.39, 0.29) is 23.2 Å². The highest BCUT2D eigenvalue weighted by Crippen LogP contribution is 2.34. The molecule has 0 radical (unpaired) electrons. The first kappa shape index (κ1) is 26.3. The Labute approximate surface area is 234 Å². The summed E-state index contributed by atoms with van der Waals surface area (Å²) in [6.45, 7) is 3.71. The maximum Gasteiger partial charge on any atom is 0.341 e. The number of benzene rings is 1. The van der Waals surface area contributed by atoms with Gasteiger partial charge in [0.2, 0.25) is 11.9 Å². The summed E-state index contributed by atoms with van der Waals surface area (Å²) in [4.78, 5) is 39.2. The summed E-state index contributed by atoms with van der Waals surface area (Å²) in [5.74, 6) is -0.913. The van der Waals surface area contributed by atoms with Gasteiger partial charge in [-0.1, -0.05) is 0 Å². The van der Waals surface area contributed by atoms with Gasteiger partial charge in [0, 0.05) is 58.3 Å². The molecule has 1 saturated heterocycles. The van der Waals surface area contributed by atoms with E-state index in [1.807, 2.05) is 11.0 Å². The number of aromatic nitrogens is 4. The zero-order valence-corrected chi connectivity index (χ0v) is 22.5. The third-order valence-corrected chi connectivity index (χ3v) is 7.66. The molecular formula is C27H26F2N10O2. The minimum atomic E-state index is -0.612. The highest BCUT2D eigenvalue weighted by Gasteiger charge is 2.35. The number of carbonyl (C=O) groups excluding carboxylic acids is 2. The molecular weight excluding hydrogens is 534 g/mol. The molecule has 2 aromatic heterocycles. The third-order valence-electron chi connectivity index (χ3n) is 7.66. The number of fused-ring (bicyclic) bond motifs is 1. The average Bonchev–Trinajstić information content (AvgIpc) is 3.70. The van der Waals surface area contributed by atoms with Crippen LogP contribution in [0.15, 0.2) is 29.5 Å². The number of hydrogen-bond acceptors (Lipinski definition) is 8. The monoisotopic (exact) mass is 560 g/mol. The summed E-state index contributed by atoms with van der Waals surface area (Å²) in [7, 11) is 1.76. The highest BCUT2D eigenvalue weighted by atomic mass is 19.1. The van der Waals surface area contributed by atoms with Crippen molar-refractivity contribution in [1.82, 2.24) is 34.6 Å². The molecule has 3 aliphatic heterocycles. The quantitative estimate of drug-likeness (QED) is 0.482. The van der Waals surface area contributed by atoms with Crippen LogP contribution in [-0.2, 0) is 24.9 Å². The number of halogens is 2. The van der Waals surface area contributed by atoms with Crippen LogP contribution in [0.3, 0.4) is 0 Å². The summed E-state index contributed by atoms with van der Waals surface area (Å²) in [6, 6.07) is 5.14. The van der Waals surface area contributed by atoms with Crippen molar-refractivity contribution in [3.63, 3.8) is 0 Å². The molecule has 1 atom stereocenters. The number of hydrazone groups is 1. The fraction of sp³-hybridized carbons (Fsp3) is 0.370. The topological polar surface area (TPSA) is 127 Å². The van der Waals surface area contributed by atoms with Gasteiger partial charge in [0.1, 0.15) is 17.2 Å². The van der Waals surface area contributed by atoms with Gasteiger partial charge in [-0.15, -0.1) is 0 Å². The Hall–Kier alpha value is -4.93. The molecule has 14 heteroatoms. The van der Waals surface area contributed by atoms with Crippen LogP contribution < -0.4 is 4.90 Å². The molecule has 1 fully saturated rings. The van der Waals surface area contributed by atoms with Gasteiger partial charge in [0.25, 0.3) is 0 Å². The Kier molecular flexibility index (Phi) is 6.56. The first-order valence-corrected chi connectivity index (χ1v) is 13.1. The van der Waals surface area contributed by atoms with Crippen LogP contribution in [0.25, 0.3) is 11.4 Å². The van der Waals surface area contributed by atoms with E-state index in [0.717, 1.165) is 23.5 Å². The zero-order valence-electron chi connectivity index (χ0n) is 22.5. The lowest BCUT2D eigenvalue weighted by Gasteiger charge is -2.37. The number of piperazine rings is 1. The van der Waals surface area contributed by atoms with Gasteiger partial charge in [0.15, 0.2) is 5.82 Å². The Morgan fingerprint density at radius 1 is 1.05 bits per heavy atom. The molecule has 0 unspecified atom stereocenters. The van der Waals surface area contributed by atoms with Crippen LogP contribution in [0.1, 0.15) is 41.8 Å². The van der Waals surface area contributed by atoms with E-state index >= 15 is 0 Å². The van der Waals surface area contributed by atoms with E-state index < -0.39 is 17.7 Å². The molecule has 1 aromatic carbocycles. The van der Waals surface area contributed by atoms with Crippen LogP contribution in [0.2, 0.25) is 0 Å².